The summed E-state index contributed by atoms with van der Waals surface area (Å²) < 4.78 is 5.21. The Kier molecular flexibility index (Phi) is 7.14. The number of hydrogen-bond donors (Lipinski definition) is 2. The number of nitrogens with one attached hydrogen (secondary N) is 1. The molecule has 0 aliphatic heterocycles. The van der Waals surface area contributed by atoms with Crippen LogP contribution in [-0.4, -0.2) is 24.3 Å². The second kappa shape index (κ2) is 10.2. The van der Waals surface area contributed by atoms with Crippen molar-refractivity contribution in [2.45, 2.75) is 52.4 Å². The van der Waals surface area contributed by atoms with Crippen molar-refractivity contribution >= 4 is 34.1 Å². The van der Waals surface area contributed by atoms with Crippen LogP contribution in [0.5, 0.6) is 11.5 Å². The van der Waals surface area contributed by atoms with Crippen LogP contribution in [0.25, 0.3) is 0 Å². The van der Waals surface area contributed by atoms with E-state index in [1.807, 2.05) is 38.1 Å². The topological polar surface area (TPSA) is 70.9 Å². The summed E-state index contributed by atoms with van der Waals surface area (Å²) in [5.74, 6) is 0.314. The number of hydrogen-bond acceptors (Lipinski definition) is 5. The fourth-order valence-corrected chi connectivity index (χ4v) is 5.45. The molecule has 3 aromatic rings. The molecule has 172 valence electrons. The average Bonchev–Trinajstić information content (AvgIpc) is 3.12. The zero-order valence-electron chi connectivity index (χ0n) is 19.4. The Morgan fingerprint density at radius 3 is 2.70 bits per heavy atom. The summed E-state index contributed by atoms with van der Waals surface area (Å²) in [5.41, 5.74) is 5.30. The number of aryl methyl sites for hydroxylation is 3. The van der Waals surface area contributed by atoms with Crippen LogP contribution in [0, 0.1) is 13.8 Å². The predicted molar refractivity (Wildman–Crippen MR) is 136 cm³/mol. The van der Waals surface area contributed by atoms with Gasteiger partial charge in [-0.2, -0.15) is 0 Å². The molecular weight excluding hydrogens is 432 g/mol. The van der Waals surface area contributed by atoms with Gasteiger partial charge in [0.2, 0.25) is 0 Å². The summed E-state index contributed by atoms with van der Waals surface area (Å²) in [5, 5.41) is 14.3. The van der Waals surface area contributed by atoms with E-state index in [4.69, 9.17) is 9.73 Å². The second-order valence-corrected chi connectivity index (χ2v) is 9.61. The van der Waals surface area contributed by atoms with Crippen molar-refractivity contribution in [3.63, 3.8) is 0 Å². The van der Waals surface area contributed by atoms with Gasteiger partial charge in [0.1, 0.15) is 5.00 Å². The second-order valence-electron chi connectivity index (χ2n) is 8.53. The quantitative estimate of drug-likeness (QED) is 0.412. The monoisotopic (exact) mass is 462 g/mol. The highest BCUT2D eigenvalue weighted by molar-refractivity contribution is 7.16. The zero-order valence-corrected chi connectivity index (χ0v) is 20.2. The Morgan fingerprint density at radius 1 is 1.12 bits per heavy atom. The summed E-state index contributed by atoms with van der Waals surface area (Å²) in [4.78, 5) is 19.5. The van der Waals surface area contributed by atoms with Crippen molar-refractivity contribution in [1.82, 2.24) is 0 Å². The normalized spacial score (nSPS) is 13.9. The van der Waals surface area contributed by atoms with Crippen molar-refractivity contribution in [3.05, 3.63) is 69.1 Å². The number of phenolic OH excluding ortho intramolecular Hbond substituents is 1. The van der Waals surface area contributed by atoms with Crippen LogP contribution < -0.4 is 10.1 Å². The number of aliphatic imine (C=N–C) groups is 1. The summed E-state index contributed by atoms with van der Waals surface area (Å²) in [7, 11) is 1.52. The fourth-order valence-electron chi connectivity index (χ4n) is 4.22. The third kappa shape index (κ3) is 5.11. The summed E-state index contributed by atoms with van der Waals surface area (Å²) in [6.45, 7) is 4.02. The maximum absolute atomic E-state index is 13.6. The third-order valence-corrected chi connectivity index (χ3v) is 7.29. The Balaban J connectivity index is 1.74. The number of thiophene rings is 1. The number of amides is 1. The predicted octanol–water partition coefficient (Wildman–Crippen LogP) is 6.74. The summed E-state index contributed by atoms with van der Waals surface area (Å²) >= 11 is 1.59. The van der Waals surface area contributed by atoms with Crippen LogP contribution in [0.4, 0.5) is 10.7 Å². The standard InChI is InChI=1S/C27H30N2O3S/c1-17-13-14-18(2)21(15-17)29-26(31)24-20-10-6-4-5-7-12-23(20)33-27(24)28-16-19-9-8-11-22(32-3)25(19)30/h8-9,11,13-16,30H,4-7,10,12H2,1-3H3,(H,29,31). The van der Waals surface area contributed by atoms with Gasteiger partial charge in [-0.05, 0) is 74.4 Å². The zero-order chi connectivity index (χ0) is 23.4. The van der Waals surface area contributed by atoms with E-state index in [-0.39, 0.29) is 11.7 Å². The first-order valence-corrected chi connectivity index (χ1v) is 12.2. The van der Waals surface area contributed by atoms with Gasteiger partial charge in [-0.3, -0.25) is 4.79 Å². The minimum atomic E-state index is -0.121. The lowest BCUT2D eigenvalue weighted by atomic mass is 9.96. The van der Waals surface area contributed by atoms with Gasteiger partial charge in [-0.15, -0.1) is 11.3 Å². The van der Waals surface area contributed by atoms with Crippen LogP contribution in [0.3, 0.4) is 0 Å². The number of para-hydroxylation sites is 1. The van der Waals surface area contributed by atoms with E-state index < -0.39 is 0 Å². The first-order valence-electron chi connectivity index (χ1n) is 11.4. The first-order chi connectivity index (χ1) is 16.0. The van der Waals surface area contributed by atoms with E-state index in [2.05, 4.69) is 5.32 Å². The molecule has 0 spiro atoms. The molecule has 0 saturated heterocycles. The molecule has 1 aromatic heterocycles. The number of rotatable bonds is 5. The molecule has 0 bridgehead atoms. The molecule has 0 atom stereocenters. The number of carbonyl (C=O) groups excluding carboxylic acids is 1. The molecule has 1 amide bonds. The number of aromatic hydroxyl groups is 1. The largest absolute Gasteiger partial charge is 0.504 e. The van der Waals surface area contributed by atoms with Gasteiger partial charge in [0.25, 0.3) is 5.91 Å². The number of nitrogens with zero attached hydrogens (tertiary/aromatic N) is 1. The molecule has 1 aliphatic rings. The Morgan fingerprint density at radius 2 is 1.91 bits per heavy atom. The van der Waals surface area contributed by atoms with Gasteiger partial charge in [-0.1, -0.05) is 31.0 Å². The Hall–Kier alpha value is -3.12. The molecule has 1 heterocycles. The number of fused-ring (bicyclic) bond motifs is 1. The number of carbonyl (C=O) groups is 1. The van der Waals surface area contributed by atoms with Crippen molar-refractivity contribution in [1.29, 1.82) is 0 Å². The minimum Gasteiger partial charge on any atom is -0.504 e. The molecule has 5 nitrogen and oxygen atoms in total. The Bertz CT molecular complexity index is 1200. The number of anilines is 1. The lowest BCUT2D eigenvalue weighted by Gasteiger charge is -2.13. The van der Waals surface area contributed by atoms with E-state index >= 15 is 0 Å². The highest BCUT2D eigenvalue weighted by Crippen LogP contribution is 2.40. The van der Waals surface area contributed by atoms with E-state index in [0.29, 0.717) is 21.9 Å². The van der Waals surface area contributed by atoms with Gasteiger partial charge < -0.3 is 15.2 Å². The number of phenols is 1. The molecule has 6 heteroatoms. The first kappa shape index (κ1) is 23.1. The smallest absolute Gasteiger partial charge is 0.259 e. The Labute approximate surface area is 199 Å². The molecule has 1 aliphatic carbocycles. The van der Waals surface area contributed by atoms with E-state index in [1.165, 1.54) is 24.8 Å². The molecule has 2 N–H and O–H groups in total. The van der Waals surface area contributed by atoms with Crippen LogP contribution in [0.2, 0.25) is 0 Å². The van der Waals surface area contributed by atoms with Crippen LogP contribution >= 0.6 is 11.3 Å². The molecule has 4 rings (SSSR count). The van der Waals surface area contributed by atoms with Gasteiger partial charge >= 0.3 is 0 Å². The number of ether oxygens (including phenoxy) is 1. The SMILES string of the molecule is COc1cccc(C=Nc2sc3c(c2C(=O)Nc2cc(C)ccc2C)CCCCCC3)c1O. The summed E-state index contributed by atoms with van der Waals surface area (Å²) in [6, 6.07) is 11.4. The molecule has 33 heavy (non-hydrogen) atoms. The van der Waals surface area contributed by atoms with Gasteiger partial charge in [0.05, 0.1) is 12.7 Å². The fraction of sp³-hybridized carbons (Fsp3) is 0.333. The highest BCUT2D eigenvalue weighted by atomic mass is 32.1. The van der Waals surface area contributed by atoms with Crippen molar-refractivity contribution in [2.24, 2.45) is 4.99 Å². The summed E-state index contributed by atoms with van der Waals surface area (Å²) in [6.07, 6.45) is 8.09. The average molecular weight is 463 g/mol. The van der Waals surface area contributed by atoms with Crippen molar-refractivity contribution in [3.8, 4) is 11.5 Å². The van der Waals surface area contributed by atoms with E-state index in [0.717, 1.165) is 48.1 Å². The number of benzene rings is 2. The van der Waals surface area contributed by atoms with Crippen molar-refractivity contribution < 1.29 is 14.6 Å². The van der Waals surface area contributed by atoms with Crippen LogP contribution in [0.15, 0.2) is 41.4 Å². The van der Waals surface area contributed by atoms with Gasteiger partial charge in [0.15, 0.2) is 11.5 Å². The molecule has 0 unspecified atom stereocenters. The molecule has 0 radical (unpaired) electrons. The lowest BCUT2D eigenvalue weighted by Crippen LogP contribution is -2.15. The van der Waals surface area contributed by atoms with Crippen LogP contribution in [0.1, 0.15) is 63.2 Å². The van der Waals surface area contributed by atoms with Crippen molar-refractivity contribution in [2.75, 3.05) is 12.4 Å². The minimum absolute atomic E-state index is 0.0417. The molecule has 0 fully saturated rings. The highest BCUT2D eigenvalue weighted by Gasteiger charge is 2.24. The molecule has 2 aromatic carbocycles. The number of methoxy groups -OCH3 is 1. The third-order valence-electron chi connectivity index (χ3n) is 6.09. The maximum Gasteiger partial charge on any atom is 0.259 e. The van der Waals surface area contributed by atoms with E-state index in [9.17, 15) is 9.90 Å². The van der Waals surface area contributed by atoms with E-state index in [1.54, 1.807) is 29.7 Å². The lowest BCUT2D eigenvalue weighted by molar-refractivity contribution is 0.102. The maximum atomic E-state index is 13.6. The molecule has 0 saturated carbocycles. The van der Waals surface area contributed by atoms with Crippen LogP contribution in [-0.2, 0) is 12.8 Å². The van der Waals surface area contributed by atoms with Gasteiger partial charge in [-0.25, -0.2) is 4.99 Å². The van der Waals surface area contributed by atoms with Gasteiger partial charge in [0, 0.05) is 22.3 Å². The molecular formula is C27H30N2O3S.